The van der Waals surface area contributed by atoms with Crippen molar-refractivity contribution in [1.82, 2.24) is 14.9 Å². The summed E-state index contributed by atoms with van der Waals surface area (Å²) >= 11 is 0. The minimum atomic E-state index is -1.25. The third-order valence-corrected chi connectivity index (χ3v) is 8.31. The van der Waals surface area contributed by atoms with E-state index in [1.807, 2.05) is 38.1 Å². The molecule has 2 fully saturated rings. The molecule has 3 aliphatic rings. The molecule has 4 heterocycles. The molecule has 2 saturated heterocycles. The van der Waals surface area contributed by atoms with Crippen LogP contribution in [0.3, 0.4) is 0 Å². The van der Waals surface area contributed by atoms with Gasteiger partial charge in [0, 0.05) is 23.7 Å². The molecule has 0 saturated carbocycles. The molecule has 39 heavy (non-hydrogen) atoms. The number of nitro benzene ring substituents is 1. The topological polar surface area (TPSA) is 127 Å². The summed E-state index contributed by atoms with van der Waals surface area (Å²) in [6, 6.07) is 19.6. The van der Waals surface area contributed by atoms with E-state index in [1.54, 1.807) is 28.8 Å². The summed E-state index contributed by atoms with van der Waals surface area (Å²) in [5.41, 5.74) is 0.251. The zero-order chi connectivity index (χ0) is 27.2. The van der Waals surface area contributed by atoms with Crippen molar-refractivity contribution in [3.05, 3.63) is 105 Å². The van der Waals surface area contributed by atoms with Crippen molar-refractivity contribution >= 4 is 34.1 Å². The Hall–Kier alpha value is -4.70. The summed E-state index contributed by atoms with van der Waals surface area (Å²) in [7, 11) is 0. The number of anilines is 1. The van der Waals surface area contributed by atoms with Gasteiger partial charge in [0.25, 0.3) is 11.2 Å². The third kappa shape index (κ3) is 2.89. The number of nitrogens with one attached hydrogen (secondary N) is 1. The van der Waals surface area contributed by atoms with Crippen molar-refractivity contribution in [3.63, 3.8) is 0 Å². The average Bonchev–Trinajstić information content (AvgIpc) is 3.52. The highest BCUT2D eigenvalue weighted by Gasteiger charge is 2.70. The number of non-ortho nitro benzene ring substituents is 1. The first kappa shape index (κ1) is 23.4. The summed E-state index contributed by atoms with van der Waals surface area (Å²) in [4.78, 5) is 59.1. The van der Waals surface area contributed by atoms with Crippen molar-refractivity contribution in [2.24, 2.45) is 17.8 Å². The number of nitrogens with zero attached hydrogens (tertiary/aromatic N) is 4. The Balaban J connectivity index is 1.51. The van der Waals surface area contributed by atoms with Gasteiger partial charge in [-0.1, -0.05) is 50.2 Å². The van der Waals surface area contributed by atoms with E-state index < -0.39 is 40.2 Å². The predicted octanol–water partition coefficient (Wildman–Crippen LogP) is 3.28. The summed E-state index contributed by atoms with van der Waals surface area (Å²) in [6.45, 7) is 3.95. The Bertz CT molecular complexity index is 1810. The molecule has 0 radical (unpaired) electrons. The van der Waals surface area contributed by atoms with E-state index >= 15 is 0 Å². The molecule has 3 aromatic carbocycles. The highest BCUT2D eigenvalue weighted by molar-refractivity contribution is 6.23. The largest absolute Gasteiger partial charge is 0.296 e. The molecule has 2 amide bonds. The maximum atomic E-state index is 14.4. The van der Waals surface area contributed by atoms with E-state index in [-0.39, 0.29) is 22.9 Å². The van der Waals surface area contributed by atoms with Gasteiger partial charge >= 0.3 is 0 Å². The minimum absolute atomic E-state index is 0.0490. The fourth-order valence-corrected chi connectivity index (χ4v) is 6.72. The molecule has 4 aromatic rings. The summed E-state index contributed by atoms with van der Waals surface area (Å²) in [5.74, 6) is -2.27. The van der Waals surface area contributed by atoms with Gasteiger partial charge in [-0.3, -0.25) is 34.4 Å². The van der Waals surface area contributed by atoms with E-state index in [0.717, 1.165) is 4.90 Å². The number of benzene rings is 3. The number of carbonyl (C=O) groups is 2. The molecule has 0 aliphatic carbocycles. The van der Waals surface area contributed by atoms with Crippen LogP contribution in [0.1, 0.15) is 25.2 Å². The molecule has 2 unspecified atom stereocenters. The molecule has 194 valence electrons. The van der Waals surface area contributed by atoms with Gasteiger partial charge in [0.15, 0.2) is 0 Å². The minimum Gasteiger partial charge on any atom is -0.296 e. The number of nitro groups is 1. The van der Waals surface area contributed by atoms with E-state index in [1.165, 1.54) is 24.3 Å². The molecule has 7 rings (SSSR count). The van der Waals surface area contributed by atoms with Crippen LogP contribution in [0.2, 0.25) is 0 Å². The Labute approximate surface area is 222 Å². The summed E-state index contributed by atoms with van der Waals surface area (Å²) in [5, 5.41) is 15.5. The van der Waals surface area contributed by atoms with Crippen molar-refractivity contribution < 1.29 is 14.5 Å². The van der Waals surface area contributed by atoms with Crippen molar-refractivity contribution in [1.29, 1.82) is 0 Å². The highest BCUT2D eigenvalue weighted by atomic mass is 16.6. The van der Waals surface area contributed by atoms with Crippen LogP contribution >= 0.6 is 0 Å². The van der Waals surface area contributed by atoms with Crippen LogP contribution in [0.5, 0.6) is 0 Å². The summed E-state index contributed by atoms with van der Waals surface area (Å²) in [6.07, 6.45) is 0. The van der Waals surface area contributed by atoms with E-state index in [9.17, 15) is 24.5 Å². The van der Waals surface area contributed by atoms with Crippen molar-refractivity contribution in [2.75, 3.05) is 4.90 Å². The number of hydrogen-bond donors (Lipinski definition) is 1. The van der Waals surface area contributed by atoms with Gasteiger partial charge in [0.05, 0.1) is 39.0 Å². The number of hydrogen-bond acceptors (Lipinski definition) is 7. The molecule has 10 heteroatoms. The quantitative estimate of drug-likeness (QED) is 0.249. The molecular formula is C29H23N5O5. The summed E-state index contributed by atoms with van der Waals surface area (Å²) < 4.78 is 1.55. The van der Waals surface area contributed by atoms with Crippen molar-refractivity contribution in [2.45, 2.75) is 25.4 Å². The van der Waals surface area contributed by atoms with Gasteiger partial charge in [-0.2, -0.15) is 0 Å². The van der Waals surface area contributed by atoms with Crippen molar-refractivity contribution in [3.8, 4) is 5.69 Å². The average molecular weight is 522 g/mol. The number of rotatable bonds is 3. The number of imide groups is 1. The van der Waals surface area contributed by atoms with Gasteiger partial charge in [0.2, 0.25) is 11.8 Å². The molecular weight excluding hydrogens is 498 g/mol. The van der Waals surface area contributed by atoms with Gasteiger partial charge in [-0.05, 0) is 30.2 Å². The zero-order valence-corrected chi connectivity index (χ0v) is 21.1. The van der Waals surface area contributed by atoms with Gasteiger partial charge in [-0.15, -0.1) is 0 Å². The lowest BCUT2D eigenvalue weighted by atomic mass is 9.75. The standard InChI is InChI=1S/C29H23N5O5/c1-15(2)24-22-23(27(37)32(26(22)36)16-8-7-9-17(14-16)34(38)39)29(31-24)19-11-4-6-13-21(19)33-25(35)18-10-3-5-12-20(18)30-28(29)33/h3-15,22-24,31H,1-2H3/t22-,23-,24?,29?/m1/s1. The predicted molar refractivity (Wildman–Crippen MR) is 142 cm³/mol. The first-order chi connectivity index (χ1) is 18.8. The fourth-order valence-electron chi connectivity index (χ4n) is 6.72. The second-order valence-electron chi connectivity index (χ2n) is 10.6. The maximum Gasteiger partial charge on any atom is 0.271 e. The first-order valence-electron chi connectivity index (χ1n) is 12.8. The lowest BCUT2D eigenvalue weighted by Gasteiger charge is -2.32. The molecule has 10 nitrogen and oxygen atoms in total. The Kier molecular flexibility index (Phi) is 4.75. The SMILES string of the molecule is CC(C)C1NC2(c3ccccc3-n3c2nc2ccccc2c3=O)[C@H]2C(=O)N(c3cccc([N+](=O)[O-])c3)C(=O)[C@@H]12. The van der Waals surface area contributed by atoms with Crippen LogP contribution in [0.4, 0.5) is 11.4 Å². The molecule has 4 atom stereocenters. The molecule has 0 bridgehead atoms. The number of amides is 2. The number of carbonyl (C=O) groups excluding carboxylic acids is 2. The van der Waals surface area contributed by atoms with Crippen LogP contribution in [0, 0.1) is 27.9 Å². The van der Waals surface area contributed by atoms with E-state index in [2.05, 4.69) is 5.32 Å². The monoisotopic (exact) mass is 521 g/mol. The van der Waals surface area contributed by atoms with Gasteiger partial charge < -0.3 is 0 Å². The molecule has 1 spiro atoms. The zero-order valence-electron chi connectivity index (χ0n) is 21.1. The smallest absolute Gasteiger partial charge is 0.271 e. The van der Waals surface area contributed by atoms with Crippen LogP contribution in [0.25, 0.3) is 16.6 Å². The lowest BCUT2D eigenvalue weighted by Crippen LogP contribution is -2.51. The Morgan fingerprint density at radius 1 is 0.974 bits per heavy atom. The molecule has 1 aromatic heterocycles. The Morgan fingerprint density at radius 2 is 1.72 bits per heavy atom. The number of para-hydroxylation sites is 2. The van der Waals surface area contributed by atoms with Gasteiger partial charge in [-0.25, -0.2) is 9.88 Å². The molecule has 1 N–H and O–H groups in total. The molecule has 3 aliphatic heterocycles. The van der Waals surface area contributed by atoms with Crippen LogP contribution in [0.15, 0.2) is 77.6 Å². The Morgan fingerprint density at radius 3 is 2.49 bits per heavy atom. The number of aromatic nitrogens is 2. The first-order valence-corrected chi connectivity index (χ1v) is 12.8. The highest BCUT2D eigenvalue weighted by Crippen LogP contribution is 2.56. The second-order valence-corrected chi connectivity index (χ2v) is 10.6. The van der Waals surface area contributed by atoms with E-state index in [4.69, 9.17) is 4.98 Å². The fraction of sp³-hybridized carbons (Fsp3) is 0.241. The normalized spacial score (nSPS) is 25.0. The van der Waals surface area contributed by atoms with Crippen LogP contribution in [-0.2, 0) is 15.1 Å². The van der Waals surface area contributed by atoms with Gasteiger partial charge in [0.1, 0.15) is 11.4 Å². The van der Waals surface area contributed by atoms with Crippen LogP contribution < -0.4 is 15.8 Å². The third-order valence-electron chi connectivity index (χ3n) is 8.31. The van der Waals surface area contributed by atoms with E-state index in [0.29, 0.717) is 28.0 Å². The van der Waals surface area contributed by atoms with Crippen LogP contribution in [-0.4, -0.2) is 32.3 Å². The second kappa shape index (κ2) is 7.90. The maximum absolute atomic E-state index is 14.4. The number of fused-ring (bicyclic) bond motifs is 8. The lowest BCUT2D eigenvalue weighted by molar-refractivity contribution is -0.384.